The second-order valence-electron chi connectivity index (χ2n) is 2.96. The molecule has 0 unspecified atom stereocenters. The van der Waals surface area contributed by atoms with E-state index in [1.54, 1.807) is 24.3 Å². The van der Waals surface area contributed by atoms with Gasteiger partial charge in [-0.15, -0.1) is 0 Å². The minimum atomic E-state index is -4.43. The predicted octanol–water partition coefficient (Wildman–Crippen LogP) is 2.77. The van der Waals surface area contributed by atoms with Crippen molar-refractivity contribution < 1.29 is 13.2 Å². The molecule has 14 heavy (non-hydrogen) atoms. The maximum Gasteiger partial charge on any atom is 0.433 e. The number of H-pyrrole nitrogens is 1. The molecule has 74 valence electrons. The Morgan fingerprint density at radius 1 is 1.14 bits per heavy atom. The van der Waals surface area contributed by atoms with Crippen molar-refractivity contribution in [1.82, 2.24) is 4.98 Å². The Balaban J connectivity index is 2.75. The molecule has 0 atom stereocenters. The highest BCUT2D eigenvalue weighted by Crippen LogP contribution is 2.36. The Morgan fingerprint density at radius 2 is 1.79 bits per heavy atom. The van der Waals surface area contributed by atoms with Gasteiger partial charge in [-0.25, -0.2) is 0 Å². The number of nitrogen functional groups attached to an aromatic ring is 1. The lowest BCUT2D eigenvalue weighted by Gasteiger charge is -2.03. The van der Waals surface area contributed by atoms with Crippen molar-refractivity contribution in [2.45, 2.75) is 6.18 Å². The number of hydrogen-bond donors (Lipinski definition) is 2. The number of nitrogens with two attached hydrogens (primary N) is 1. The maximum absolute atomic E-state index is 12.4. The molecule has 0 aliphatic heterocycles. The molecule has 1 aromatic heterocycles. The molecule has 0 amide bonds. The molecule has 0 bridgehead atoms. The predicted molar refractivity (Wildman–Crippen MR) is 47.7 cm³/mol. The van der Waals surface area contributed by atoms with E-state index in [1.807, 2.05) is 0 Å². The summed E-state index contributed by atoms with van der Waals surface area (Å²) < 4.78 is 37.1. The van der Waals surface area contributed by atoms with Gasteiger partial charge in [0.2, 0.25) is 0 Å². The van der Waals surface area contributed by atoms with Crippen LogP contribution in [0.5, 0.6) is 0 Å². The Kier molecular flexibility index (Phi) is 1.70. The van der Waals surface area contributed by atoms with Crippen LogP contribution in [0.4, 0.5) is 18.9 Å². The van der Waals surface area contributed by atoms with Gasteiger partial charge in [-0.05, 0) is 6.07 Å². The first kappa shape index (κ1) is 8.93. The number of anilines is 1. The molecular formula is C9H7F3N2. The summed E-state index contributed by atoms with van der Waals surface area (Å²) in [5, 5.41) is 0.403. The topological polar surface area (TPSA) is 41.8 Å². The van der Waals surface area contributed by atoms with E-state index in [0.717, 1.165) is 0 Å². The molecular weight excluding hydrogens is 193 g/mol. The molecule has 0 fully saturated rings. The van der Waals surface area contributed by atoms with E-state index >= 15 is 0 Å². The highest BCUT2D eigenvalue weighted by atomic mass is 19.4. The first-order chi connectivity index (χ1) is 6.50. The summed E-state index contributed by atoms with van der Waals surface area (Å²) in [6.07, 6.45) is -4.43. The molecule has 0 saturated carbocycles. The van der Waals surface area contributed by atoms with Crippen LogP contribution in [0.2, 0.25) is 0 Å². The van der Waals surface area contributed by atoms with Gasteiger partial charge in [0.1, 0.15) is 5.69 Å². The van der Waals surface area contributed by atoms with E-state index in [0.29, 0.717) is 10.9 Å². The number of nitrogens with one attached hydrogen (secondary N) is 1. The Labute approximate surface area is 77.5 Å². The zero-order chi connectivity index (χ0) is 10.3. The van der Waals surface area contributed by atoms with Gasteiger partial charge < -0.3 is 10.7 Å². The minimum absolute atomic E-state index is 0.242. The third-order valence-electron chi connectivity index (χ3n) is 2.03. The Bertz CT molecular complexity index is 470. The smallest absolute Gasteiger partial charge is 0.396 e. The zero-order valence-electron chi connectivity index (χ0n) is 7.02. The SMILES string of the molecule is Nc1c(C(F)(F)F)[nH]c2ccccc12. The molecule has 1 aromatic carbocycles. The van der Waals surface area contributed by atoms with Crippen molar-refractivity contribution in [3.8, 4) is 0 Å². The molecule has 2 nitrogen and oxygen atoms in total. The van der Waals surface area contributed by atoms with Crippen molar-refractivity contribution in [3.63, 3.8) is 0 Å². The monoisotopic (exact) mass is 200 g/mol. The largest absolute Gasteiger partial charge is 0.433 e. The third-order valence-corrected chi connectivity index (χ3v) is 2.03. The normalized spacial score (nSPS) is 12.2. The molecule has 3 N–H and O–H groups in total. The first-order valence-corrected chi connectivity index (χ1v) is 3.93. The van der Waals surface area contributed by atoms with Crippen LogP contribution in [0.25, 0.3) is 10.9 Å². The molecule has 0 saturated heterocycles. The van der Waals surface area contributed by atoms with Gasteiger partial charge in [-0.3, -0.25) is 0 Å². The number of halogens is 3. The van der Waals surface area contributed by atoms with Crippen molar-refractivity contribution in [3.05, 3.63) is 30.0 Å². The standard InChI is InChI=1S/C9H7F3N2/c10-9(11,12)8-7(13)5-3-1-2-4-6(5)14-8/h1-4,14H,13H2. The van der Waals surface area contributed by atoms with Crippen LogP contribution in [0.3, 0.4) is 0 Å². The van der Waals surface area contributed by atoms with Gasteiger partial charge in [0.05, 0.1) is 5.69 Å². The summed E-state index contributed by atoms with van der Waals surface area (Å²) >= 11 is 0. The summed E-state index contributed by atoms with van der Waals surface area (Å²) in [4.78, 5) is 2.25. The summed E-state index contributed by atoms with van der Waals surface area (Å²) in [5.41, 5.74) is 4.66. The number of alkyl halides is 3. The van der Waals surface area contributed by atoms with Crippen molar-refractivity contribution in [1.29, 1.82) is 0 Å². The zero-order valence-corrected chi connectivity index (χ0v) is 7.02. The van der Waals surface area contributed by atoms with Gasteiger partial charge in [-0.1, -0.05) is 18.2 Å². The van der Waals surface area contributed by atoms with Crippen LogP contribution in [0.15, 0.2) is 24.3 Å². The molecule has 0 aliphatic carbocycles. The van der Waals surface area contributed by atoms with Crippen LogP contribution in [-0.2, 0) is 6.18 Å². The summed E-state index contributed by atoms with van der Waals surface area (Å²) in [6.45, 7) is 0. The van der Waals surface area contributed by atoms with Crippen molar-refractivity contribution in [2.24, 2.45) is 0 Å². The quantitative estimate of drug-likeness (QED) is 0.674. The molecule has 0 aliphatic rings. The number of rotatable bonds is 0. The second kappa shape index (κ2) is 2.67. The lowest BCUT2D eigenvalue weighted by molar-refractivity contribution is -0.139. The van der Waals surface area contributed by atoms with Gasteiger partial charge in [0, 0.05) is 10.9 Å². The van der Waals surface area contributed by atoms with E-state index in [9.17, 15) is 13.2 Å². The van der Waals surface area contributed by atoms with E-state index in [2.05, 4.69) is 4.98 Å². The van der Waals surface area contributed by atoms with Crippen LogP contribution in [0.1, 0.15) is 5.69 Å². The van der Waals surface area contributed by atoms with E-state index in [-0.39, 0.29) is 5.69 Å². The Morgan fingerprint density at radius 3 is 2.36 bits per heavy atom. The fourth-order valence-electron chi connectivity index (χ4n) is 1.39. The molecule has 5 heteroatoms. The number of aromatic nitrogens is 1. The number of benzene rings is 1. The third kappa shape index (κ3) is 1.21. The van der Waals surface area contributed by atoms with Crippen LogP contribution < -0.4 is 5.73 Å². The summed E-state index contributed by atoms with van der Waals surface area (Å²) in [6, 6.07) is 6.41. The van der Waals surface area contributed by atoms with Gasteiger partial charge in [-0.2, -0.15) is 13.2 Å². The van der Waals surface area contributed by atoms with E-state index in [4.69, 9.17) is 5.73 Å². The summed E-state index contributed by atoms with van der Waals surface area (Å²) in [7, 11) is 0. The average molecular weight is 200 g/mol. The van der Waals surface area contributed by atoms with Gasteiger partial charge >= 0.3 is 6.18 Å². The molecule has 2 rings (SSSR count). The number of para-hydroxylation sites is 1. The second-order valence-corrected chi connectivity index (χ2v) is 2.96. The first-order valence-electron chi connectivity index (χ1n) is 3.93. The minimum Gasteiger partial charge on any atom is -0.396 e. The van der Waals surface area contributed by atoms with Crippen LogP contribution in [0, 0.1) is 0 Å². The van der Waals surface area contributed by atoms with Gasteiger partial charge in [0.25, 0.3) is 0 Å². The van der Waals surface area contributed by atoms with Gasteiger partial charge in [0.15, 0.2) is 0 Å². The highest BCUT2D eigenvalue weighted by molar-refractivity contribution is 5.93. The lowest BCUT2D eigenvalue weighted by Crippen LogP contribution is -2.08. The van der Waals surface area contributed by atoms with E-state index < -0.39 is 11.9 Å². The molecule has 0 radical (unpaired) electrons. The van der Waals surface area contributed by atoms with Crippen molar-refractivity contribution >= 4 is 16.6 Å². The number of hydrogen-bond acceptors (Lipinski definition) is 1. The lowest BCUT2D eigenvalue weighted by atomic mass is 10.2. The Hall–Kier alpha value is -1.65. The maximum atomic E-state index is 12.4. The number of aromatic amines is 1. The molecule has 1 heterocycles. The van der Waals surface area contributed by atoms with Crippen LogP contribution in [-0.4, -0.2) is 4.98 Å². The fraction of sp³-hybridized carbons (Fsp3) is 0.111. The van der Waals surface area contributed by atoms with Crippen molar-refractivity contribution in [2.75, 3.05) is 5.73 Å². The van der Waals surface area contributed by atoms with E-state index in [1.165, 1.54) is 0 Å². The fourth-order valence-corrected chi connectivity index (χ4v) is 1.39. The average Bonchev–Trinajstić information content (AvgIpc) is 2.44. The highest BCUT2D eigenvalue weighted by Gasteiger charge is 2.35. The number of fused-ring (bicyclic) bond motifs is 1. The summed E-state index contributed by atoms with van der Waals surface area (Å²) in [5.74, 6) is 0. The van der Waals surface area contributed by atoms with Crippen LogP contribution >= 0.6 is 0 Å². The molecule has 2 aromatic rings. The molecule has 0 spiro atoms.